The van der Waals surface area contributed by atoms with Gasteiger partial charge in [0.1, 0.15) is 0 Å². The molecule has 0 aliphatic carbocycles. The Hall–Kier alpha value is -2.81. The van der Waals surface area contributed by atoms with Gasteiger partial charge in [-0.15, -0.1) is 10.2 Å². The van der Waals surface area contributed by atoms with E-state index in [2.05, 4.69) is 26.9 Å². The lowest BCUT2D eigenvalue weighted by Crippen LogP contribution is -2.50. The maximum atomic E-state index is 12.4. The van der Waals surface area contributed by atoms with E-state index >= 15 is 0 Å². The van der Waals surface area contributed by atoms with E-state index in [0.29, 0.717) is 34.6 Å². The van der Waals surface area contributed by atoms with E-state index in [0.717, 1.165) is 16.7 Å². The number of aromatic nitrogens is 2. The van der Waals surface area contributed by atoms with E-state index in [1.165, 1.54) is 11.8 Å². The lowest BCUT2D eigenvalue weighted by Gasteiger charge is -2.28. The van der Waals surface area contributed by atoms with Crippen molar-refractivity contribution in [2.75, 3.05) is 12.4 Å². The summed E-state index contributed by atoms with van der Waals surface area (Å²) in [6.07, 6.45) is 0.577. The molecule has 0 spiro atoms. The third-order valence-corrected chi connectivity index (χ3v) is 5.21. The van der Waals surface area contributed by atoms with Gasteiger partial charge in [0, 0.05) is 17.0 Å². The number of carbonyl (C=O) groups is 2. The molecule has 0 radical (unpaired) electrons. The Morgan fingerprint density at radius 3 is 2.59 bits per heavy atom. The number of amides is 2. The number of rotatable bonds is 7. The first-order chi connectivity index (χ1) is 13.9. The second kappa shape index (κ2) is 9.13. The van der Waals surface area contributed by atoms with Gasteiger partial charge in [-0.1, -0.05) is 35.9 Å². The third-order valence-electron chi connectivity index (χ3n) is 4.36. The average molecular weight is 417 g/mol. The number of carbonyl (C=O) groups excluding carboxylic acids is 2. The van der Waals surface area contributed by atoms with Gasteiger partial charge in [-0.05, 0) is 39.3 Å². The maximum Gasteiger partial charge on any atom is 0.337 e. The number of nitrogens with zero attached hydrogens (tertiary/aromatic N) is 2. The molecule has 9 heteroatoms. The zero-order valence-electron chi connectivity index (χ0n) is 16.9. The molecule has 0 saturated carbocycles. The molecule has 1 aliphatic rings. The molecule has 1 aromatic heterocycles. The minimum absolute atomic E-state index is 0.260. The van der Waals surface area contributed by atoms with Crippen LogP contribution in [-0.4, -0.2) is 40.6 Å². The predicted octanol–water partition coefficient (Wildman–Crippen LogP) is 3.35. The number of hydrogen-bond donors (Lipinski definition) is 2. The van der Waals surface area contributed by atoms with Gasteiger partial charge in [-0.3, -0.25) is 0 Å². The Labute approximate surface area is 173 Å². The molecule has 29 heavy (non-hydrogen) atoms. The fourth-order valence-electron chi connectivity index (χ4n) is 3.19. The third kappa shape index (κ3) is 4.97. The molecule has 0 saturated heterocycles. The molecule has 2 amide bonds. The summed E-state index contributed by atoms with van der Waals surface area (Å²) in [5.74, 6) is 0.288. The van der Waals surface area contributed by atoms with Crippen molar-refractivity contribution in [3.63, 3.8) is 0 Å². The van der Waals surface area contributed by atoms with Crippen molar-refractivity contribution in [2.24, 2.45) is 0 Å². The number of esters is 1. The molecule has 1 atom stereocenters. The molecule has 0 fully saturated rings. The minimum atomic E-state index is -0.441. The molecule has 154 valence electrons. The van der Waals surface area contributed by atoms with E-state index in [-0.39, 0.29) is 12.6 Å². The highest BCUT2D eigenvalue weighted by atomic mass is 32.2. The molecule has 2 aromatic rings. The van der Waals surface area contributed by atoms with Gasteiger partial charge in [-0.2, -0.15) is 0 Å². The second-order valence-corrected chi connectivity index (χ2v) is 7.64. The summed E-state index contributed by atoms with van der Waals surface area (Å²) in [6.45, 7) is 7.92. The Morgan fingerprint density at radius 2 is 1.93 bits per heavy atom. The van der Waals surface area contributed by atoms with E-state index in [9.17, 15) is 9.59 Å². The molecular weight excluding hydrogens is 392 g/mol. The number of nitrogens with one attached hydrogen (secondary N) is 2. The molecule has 0 bridgehead atoms. The molecule has 2 heterocycles. The summed E-state index contributed by atoms with van der Waals surface area (Å²) in [5.41, 5.74) is 4.00. The maximum absolute atomic E-state index is 12.4. The van der Waals surface area contributed by atoms with Gasteiger partial charge >= 0.3 is 12.0 Å². The van der Waals surface area contributed by atoms with Gasteiger partial charge in [0.25, 0.3) is 5.22 Å². The zero-order valence-corrected chi connectivity index (χ0v) is 17.7. The molecule has 8 nitrogen and oxygen atoms in total. The van der Waals surface area contributed by atoms with Crippen LogP contribution in [-0.2, 0) is 9.53 Å². The average Bonchev–Trinajstić information content (AvgIpc) is 3.14. The number of urea groups is 1. The summed E-state index contributed by atoms with van der Waals surface area (Å²) < 4.78 is 10.9. The first kappa shape index (κ1) is 20.9. The minimum Gasteiger partial charge on any atom is -0.463 e. The van der Waals surface area contributed by atoms with Crippen LogP contribution in [0.5, 0.6) is 0 Å². The standard InChI is InChI=1S/C20H24N4O4S/c1-5-14-16(18(25)27-6-2)15(22-19(26)21-14)10-29-20-24-23-17(28-20)13-8-11(3)7-12(4)9-13/h7-9,14H,5-6,10H2,1-4H3,(H2,21,22,26)/t14-/m0/s1. The fraction of sp³-hybridized carbons (Fsp3) is 0.400. The highest BCUT2D eigenvalue weighted by molar-refractivity contribution is 7.99. The van der Waals surface area contributed by atoms with Crippen LogP contribution >= 0.6 is 11.8 Å². The summed E-state index contributed by atoms with van der Waals surface area (Å²) in [7, 11) is 0. The van der Waals surface area contributed by atoms with Crippen LogP contribution in [0.1, 0.15) is 31.4 Å². The monoisotopic (exact) mass is 416 g/mol. The topological polar surface area (TPSA) is 106 Å². The van der Waals surface area contributed by atoms with Crippen molar-refractivity contribution >= 4 is 23.8 Å². The Morgan fingerprint density at radius 1 is 1.21 bits per heavy atom. The van der Waals surface area contributed by atoms with Crippen LogP contribution in [0.2, 0.25) is 0 Å². The Balaban J connectivity index is 1.80. The predicted molar refractivity (Wildman–Crippen MR) is 109 cm³/mol. The zero-order chi connectivity index (χ0) is 21.0. The number of aryl methyl sites for hydroxylation is 2. The van der Waals surface area contributed by atoms with Gasteiger partial charge in [0.05, 0.1) is 18.2 Å². The largest absolute Gasteiger partial charge is 0.463 e. The number of hydrogen-bond acceptors (Lipinski definition) is 7. The lowest BCUT2D eigenvalue weighted by atomic mass is 10.0. The van der Waals surface area contributed by atoms with Crippen LogP contribution in [0.3, 0.4) is 0 Å². The molecule has 0 unspecified atom stereocenters. The molecule has 3 rings (SSSR count). The van der Waals surface area contributed by atoms with Gasteiger partial charge in [0.15, 0.2) is 0 Å². The van der Waals surface area contributed by atoms with Gasteiger partial charge in [0.2, 0.25) is 5.89 Å². The van der Waals surface area contributed by atoms with Crippen molar-refractivity contribution in [2.45, 2.75) is 45.4 Å². The van der Waals surface area contributed by atoms with Crippen LogP contribution in [0, 0.1) is 13.8 Å². The highest BCUT2D eigenvalue weighted by Gasteiger charge is 2.31. The first-order valence-electron chi connectivity index (χ1n) is 9.43. The van der Waals surface area contributed by atoms with Crippen LogP contribution in [0.4, 0.5) is 4.79 Å². The fourth-order valence-corrected chi connectivity index (χ4v) is 3.92. The van der Waals surface area contributed by atoms with Crippen molar-refractivity contribution in [1.29, 1.82) is 0 Å². The van der Waals surface area contributed by atoms with E-state index in [1.807, 2.05) is 32.9 Å². The first-order valence-corrected chi connectivity index (χ1v) is 10.4. The van der Waals surface area contributed by atoms with Crippen LogP contribution in [0.15, 0.2) is 39.1 Å². The van der Waals surface area contributed by atoms with E-state index in [1.54, 1.807) is 6.92 Å². The second-order valence-electron chi connectivity index (χ2n) is 6.71. The normalized spacial score (nSPS) is 16.4. The van der Waals surface area contributed by atoms with Crippen molar-refractivity contribution in [1.82, 2.24) is 20.8 Å². The SMILES string of the molecule is CCOC(=O)C1=C(CSc2nnc(-c3cc(C)cc(C)c3)o2)NC(=O)N[C@H]1CC. The van der Waals surface area contributed by atoms with Gasteiger partial charge < -0.3 is 19.8 Å². The summed E-state index contributed by atoms with van der Waals surface area (Å²) >= 11 is 1.26. The van der Waals surface area contributed by atoms with Crippen LogP contribution in [0.25, 0.3) is 11.5 Å². The van der Waals surface area contributed by atoms with Crippen molar-refractivity contribution < 1.29 is 18.7 Å². The summed E-state index contributed by atoms with van der Waals surface area (Å²) in [6, 6.07) is 5.29. The smallest absolute Gasteiger partial charge is 0.337 e. The van der Waals surface area contributed by atoms with Crippen molar-refractivity contribution in [3.8, 4) is 11.5 Å². The Kier molecular flexibility index (Phi) is 6.58. The molecular formula is C20H24N4O4S. The number of benzene rings is 1. The van der Waals surface area contributed by atoms with Crippen LogP contribution < -0.4 is 10.6 Å². The van der Waals surface area contributed by atoms with Crippen molar-refractivity contribution in [3.05, 3.63) is 40.6 Å². The van der Waals surface area contributed by atoms with E-state index < -0.39 is 12.0 Å². The highest BCUT2D eigenvalue weighted by Crippen LogP contribution is 2.27. The number of ether oxygens (including phenoxy) is 1. The molecule has 1 aromatic carbocycles. The lowest BCUT2D eigenvalue weighted by molar-refractivity contribution is -0.139. The number of thioether (sulfide) groups is 1. The summed E-state index contributed by atoms with van der Waals surface area (Å²) in [5, 5.41) is 14.0. The van der Waals surface area contributed by atoms with E-state index in [4.69, 9.17) is 9.15 Å². The molecule has 1 aliphatic heterocycles. The summed E-state index contributed by atoms with van der Waals surface area (Å²) in [4.78, 5) is 24.4. The Bertz CT molecular complexity index is 933. The van der Waals surface area contributed by atoms with Gasteiger partial charge in [-0.25, -0.2) is 9.59 Å². The quantitative estimate of drug-likeness (QED) is 0.526. The molecule has 2 N–H and O–H groups in total.